The molecule has 1 aromatic carbocycles. The van der Waals surface area contributed by atoms with Crippen molar-refractivity contribution in [1.82, 2.24) is 20.4 Å². The second-order valence-corrected chi connectivity index (χ2v) is 7.13. The fourth-order valence-corrected chi connectivity index (χ4v) is 2.95. The van der Waals surface area contributed by atoms with Crippen molar-refractivity contribution in [2.75, 3.05) is 6.54 Å². The number of carbonyl (C=O) groups excluding carboxylic acids is 3. The second kappa shape index (κ2) is 9.76. The van der Waals surface area contributed by atoms with Gasteiger partial charge in [-0.05, 0) is 45.9 Å². The van der Waals surface area contributed by atoms with Gasteiger partial charge in [0.1, 0.15) is 0 Å². The van der Waals surface area contributed by atoms with E-state index in [1.165, 1.54) is 6.92 Å². The number of carbonyl (C=O) groups is 3. The van der Waals surface area contributed by atoms with Crippen LogP contribution in [0.3, 0.4) is 0 Å². The molecule has 0 aliphatic heterocycles. The first-order chi connectivity index (χ1) is 13.6. The Morgan fingerprint density at radius 2 is 1.90 bits per heavy atom. The van der Waals surface area contributed by atoms with Crippen LogP contribution in [0.25, 0.3) is 5.69 Å². The van der Waals surface area contributed by atoms with Crippen LogP contribution < -0.4 is 10.6 Å². The number of nitrogens with one attached hydrogen (secondary N) is 2. The van der Waals surface area contributed by atoms with Gasteiger partial charge < -0.3 is 10.1 Å². The zero-order valence-electron chi connectivity index (χ0n) is 16.5. The molecule has 156 valence electrons. The minimum Gasteiger partial charge on any atom is -0.452 e. The molecule has 0 radical (unpaired) electrons. The van der Waals surface area contributed by atoms with Gasteiger partial charge in [0.2, 0.25) is 0 Å². The molecule has 2 aromatic rings. The maximum Gasteiger partial charge on any atom is 0.321 e. The molecule has 1 heterocycles. The van der Waals surface area contributed by atoms with Gasteiger partial charge in [-0.1, -0.05) is 23.2 Å². The number of ether oxygens (including phenoxy) is 1. The summed E-state index contributed by atoms with van der Waals surface area (Å²) in [6.07, 6.45) is -1.19. The van der Waals surface area contributed by atoms with E-state index in [0.717, 1.165) is 5.69 Å². The highest BCUT2D eigenvalue weighted by Gasteiger charge is 2.22. The van der Waals surface area contributed by atoms with Gasteiger partial charge in [-0.15, -0.1) is 0 Å². The van der Waals surface area contributed by atoms with Crippen LogP contribution in [0, 0.1) is 13.8 Å². The summed E-state index contributed by atoms with van der Waals surface area (Å²) >= 11 is 12.0. The summed E-state index contributed by atoms with van der Waals surface area (Å²) in [6, 6.07) is 4.47. The van der Waals surface area contributed by atoms with Crippen molar-refractivity contribution >= 4 is 41.1 Å². The normalized spacial score (nSPS) is 11.7. The molecule has 0 saturated carbocycles. The summed E-state index contributed by atoms with van der Waals surface area (Å²) in [6.45, 7) is 7.07. The first kappa shape index (κ1) is 22.7. The summed E-state index contributed by atoms with van der Waals surface area (Å²) < 4.78 is 6.81. The molecule has 2 N–H and O–H groups in total. The quantitative estimate of drug-likeness (QED) is 0.671. The van der Waals surface area contributed by atoms with Gasteiger partial charge in [0.25, 0.3) is 5.91 Å². The number of amides is 3. The van der Waals surface area contributed by atoms with E-state index in [2.05, 4.69) is 15.7 Å². The molecule has 1 atom stereocenters. The highest BCUT2D eigenvalue weighted by molar-refractivity contribution is 6.42. The maximum atomic E-state index is 12.3. The Morgan fingerprint density at radius 1 is 1.21 bits per heavy atom. The molecule has 0 saturated heterocycles. The Kier molecular flexibility index (Phi) is 7.64. The van der Waals surface area contributed by atoms with Crippen molar-refractivity contribution in [2.45, 2.75) is 40.2 Å². The van der Waals surface area contributed by atoms with Gasteiger partial charge in [-0.3, -0.25) is 14.9 Å². The minimum absolute atomic E-state index is 0.0717. The summed E-state index contributed by atoms with van der Waals surface area (Å²) in [5, 5.41) is 9.80. The molecule has 0 spiro atoms. The van der Waals surface area contributed by atoms with E-state index in [0.29, 0.717) is 33.5 Å². The maximum absolute atomic E-state index is 12.3. The molecule has 0 bridgehead atoms. The number of esters is 1. The number of nitrogens with zero attached hydrogens (tertiary/aromatic N) is 2. The summed E-state index contributed by atoms with van der Waals surface area (Å²) in [5.41, 5.74) is 2.76. The molecule has 1 aromatic heterocycles. The van der Waals surface area contributed by atoms with Crippen molar-refractivity contribution in [3.8, 4) is 5.69 Å². The largest absolute Gasteiger partial charge is 0.452 e. The fraction of sp³-hybridized carbons (Fsp3) is 0.368. The number of benzene rings is 1. The van der Waals surface area contributed by atoms with Crippen molar-refractivity contribution in [3.63, 3.8) is 0 Å². The average Bonchev–Trinajstić information content (AvgIpc) is 2.92. The number of aromatic nitrogens is 2. The monoisotopic (exact) mass is 440 g/mol. The predicted molar refractivity (Wildman–Crippen MR) is 110 cm³/mol. The van der Waals surface area contributed by atoms with E-state index in [1.807, 2.05) is 6.92 Å². The van der Waals surface area contributed by atoms with Crippen molar-refractivity contribution < 1.29 is 19.1 Å². The molecule has 10 heteroatoms. The zero-order chi connectivity index (χ0) is 21.7. The first-order valence-electron chi connectivity index (χ1n) is 8.92. The third-order valence-electron chi connectivity index (χ3n) is 4.16. The van der Waals surface area contributed by atoms with Crippen LogP contribution in [0.4, 0.5) is 4.79 Å². The third kappa shape index (κ3) is 5.71. The van der Waals surface area contributed by atoms with Crippen LogP contribution in [0.1, 0.15) is 30.8 Å². The van der Waals surface area contributed by atoms with E-state index < -0.39 is 24.0 Å². The Morgan fingerprint density at radius 3 is 2.52 bits per heavy atom. The highest BCUT2D eigenvalue weighted by atomic mass is 35.5. The lowest BCUT2D eigenvalue weighted by Crippen LogP contribution is -2.44. The first-order valence-corrected chi connectivity index (χ1v) is 9.68. The Balaban J connectivity index is 2.09. The van der Waals surface area contributed by atoms with E-state index in [1.54, 1.807) is 36.7 Å². The number of imide groups is 1. The number of urea groups is 1. The van der Waals surface area contributed by atoms with E-state index >= 15 is 0 Å². The SMILES string of the molecule is CCNC(=O)NC(=O)C(C)OC(=O)Cc1c(C)nn(-c2ccc(Cl)c(Cl)c2)c1C. The Labute approximate surface area is 178 Å². The molecule has 3 amide bonds. The molecule has 2 rings (SSSR count). The highest BCUT2D eigenvalue weighted by Crippen LogP contribution is 2.26. The minimum atomic E-state index is -1.11. The number of hydrogen-bond acceptors (Lipinski definition) is 5. The predicted octanol–water partition coefficient (Wildman–Crippen LogP) is 3.12. The number of aryl methyl sites for hydroxylation is 1. The van der Waals surface area contributed by atoms with Gasteiger partial charge in [0, 0.05) is 17.8 Å². The molecule has 0 aliphatic rings. The van der Waals surface area contributed by atoms with Gasteiger partial charge in [0.05, 0.1) is 27.8 Å². The van der Waals surface area contributed by atoms with Gasteiger partial charge in [0.15, 0.2) is 6.10 Å². The smallest absolute Gasteiger partial charge is 0.321 e. The van der Waals surface area contributed by atoms with E-state index in [4.69, 9.17) is 27.9 Å². The van der Waals surface area contributed by atoms with Crippen LogP contribution in [0.5, 0.6) is 0 Å². The Bertz CT molecular complexity index is 943. The summed E-state index contributed by atoms with van der Waals surface area (Å²) in [5.74, 6) is -1.31. The molecule has 29 heavy (non-hydrogen) atoms. The molecule has 1 unspecified atom stereocenters. The lowest BCUT2D eigenvalue weighted by atomic mass is 10.1. The van der Waals surface area contributed by atoms with Crippen LogP contribution in [-0.2, 0) is 20.7 Å². The van der Waals surface area contributed by atoms with Crippen molar-refractivity contribution in [3.05, 3.63) is 45.2 Å². The number of hydrogen-bond donors (Lipinski definition) is 2. The van der Waals surface area contributed by atoms with E-state index in [-0.39, 0.29) is 6.42 Å². The van der Waals surface area contributed by atoms with Crippen LogP contribution in [0.15, 0.2) is 18.2 Å². The van der Waals surface area contributed by atoms with Crippen molar-refractivity contribution in [1.29, 1.82) is 0 Å². The topological polar surface area (TPSA) is 102 Å². The van der Waals surface area contributed by atoms with Crippen LogP contribution in [0.2, 0.25) is 10.0 Å². The Hall–Kier alpha value is -2.58. The fourth-order valence-electron chi connectivity index (χ4n) is 2.65. The molecular weight excluding hydrogens is 419 g/mol. The molecular formula is C19H22Cl2N4O4. The average molecular weight is 441 g/mol. The van der Waals surface area contributed by atoms with Crippen molar-refractivity contribution in [2.24, 2.45) is 0 Å². The lowest BCUT2D eigenvalue weighted by Gasteiger charge is -2.13. The summed E-state index contributed by atoms with van der Waals surface area (Å²) in [7, 11) is 0. The summed E-state index contributed by atoms with van der Waals surface area (Å²) in [4.78, 5) is 35.6. The standard InChI is InChI=1S/C19H22Cl2N4O4/c1-5-22-19(28)23-18(27)12(4)29-17(26)9-14-10(2)24-25(11(14)3)13-6-7-15(20)16(21)8-13/h6-8,12H,5,9H2,1-4H3,(H2,22,23,27,28). The molecule has 8 nitrogen and oxygen atoms in total. The third-order valence-corrected chi connectivity index (χ3v) is 4.90. The van der Waals surface area contributed by atoms with Gasteiger partial charge in [-0.2, -0.15) is 5.10 Å². The number of rotatable bonds is 6. The second-order valence-electron chi connectivity index (χ2n) is 6.32. The van der Waals surface area contributed by atoms with Crippen LogP contribution in [-0.4, -0.2) is 40.3 Å². The van der Waals surface area contributed by atoms with E-state index in [9.17, 15) is 14.4 Å². The van der Waals surface area contributed by atoms with Gasteiger partial charge in [-0.25, -0.2) is 9.48 Å². The van der Waals surface area contributed by atoms with Gasteiger partial charge >= 0.3 is 12.0 Å². The van der Waals surface area contributed by atoms with Crippen LogP contribution >= 0.6 is 23.2 Å². The number of halogens is 2. The molecule has 0 aliphatic carbocycles. The lowest BCUT2D eigenvalue weighted by molar-refractivity contribution is -0.153. The zero-order valence-corrected chi connectivity index (χ0v) is 18.0. The molecule has 0 fully saturated rings.